The first-order valence-corrected chi connectivity index (χ1v) is 8.58. The van der Waals surface area contributed by atoms with Crippen molar-refractivity contribution in [3.8, 4) is 11.5 Å². The van der Waals surface area contributed by atoms with E-state index in [0.717, 1.165) is 35.9 Å². The molecule has 2 heterocycles. The molecule has 5 rings (SSSR count). The molecule has 0 amide bonds. The Bertz CT molecular complexity index is 799. The predicted molar refractivity (Wildman–Crippen MR) is 90.5 cm³/mol. The zero-order valence-electron chi connectivity index (χ0n) is 13.6. The molecule has 1 aromatic rings. The number of allylic oxidation sites excluding steroid dienone is 2. The van der Waals surface area contributed by atoms with Crippen molar-refractivity contribution in [2.75, 3.05) is 20.7 Å². The largest absolute Gasteiger partial charge is 0.493 e. The van der Waals surface area contributed by atoms with Crippen LogP contribution in [-0.2, 0) is 11.8 Å². The summed E-state index contributed by atoms with van der Waals surface area (Å²) >= 11 is 6.49. The Morgan fingerprint density at radius 3 is 3.00 bits per heavy atom. The number of hydrogen-bond acceptors (Lipinski definition) is 3. The maximum absolute atomic E-state index is 6.55. The molecule has 2 bridgehead atoms. The van der Waals surface area contributed by atoms with E-state index in [9.17, 15) is 0 Å². The molecule has 1 fully saturated rings. The minimum atomic E-state index is -0.431. The monoisotopic (exact) mass is 329 g/mol. The number of methoxy groups -OCH3 is 1. The van der Waals surface area contributed by atoms with Crippen LogP contribution in [0.15, 0.2) is 34.9 Å². The van der Waals surface area contributed by atoms with E-state index in [1.54, 1.807) is 7.11 Å². The lowest BCUT2D eigenvalue weighted by molar-refractivity contribution is 0.0496. The summed E-state index contributed by atoms with van der Waals surface area (Å²) in [7, 11) is 3.93. The van der Waals surface area contributed by atoms with E-state index in [1.165, 1.54) is 16.7 Å². The van der Waals surface area contributed by atoms with Gasteiger partial charge in [-0.3, -0.25) is 4.90 Å². The minimum absolute atomic E-state index is 0.0972. The molecule has 2 aliphatic heterocycles. The normalized spacial score (nSPS) is 36.8. The number of ether oxygens (including phenoxy) is 2. The van der Waals surface area contributed by atoms with Crippen molar-refractivity contribution in [2.24, 2.45) is 0 Å². The summed E-state index contributed by atoms with van der Waals surface area (Å²) in [5, 5.41) is 0.786. The van der Waals surface area contributed by atoms with Crippen LogP contribution >= 0.6 is 11.6 Å². The number of likely N-dealkylation sites (N-methyl/N-ethyl adjacent to an activating group) is 1. The molecule has 120 valence electrons. The van der Waals surface area contributed by atoms with Gasteiger partial charge in [0.1, 0.15) is 5.60 Å². The summed E-state index contributed by atoms with van der Waals surface area (Å²) < 4.78 is 12.1. The number of likely N-dealkylation sites (tertiary alicyclic amines) is 1. The molecule has 4 aliphatic rings. The molecular formula is C19H20ClNO2. The van der Waals surface area contributed by atoms with Crippen LogP contribution in [0.2, 0.25) is 0 Å². The van der Waals surface area contributed by atoms with Gasteiger partial charge in [-0.1, -0.05) is 17.7 Å². The van der Waals surface area contributed by atoms with Gasteiger partial charge >= 0.3 is 0 Å². The van der Waals surface area contributed by atoms with E-state index in [4.69, 9.17) is 21.1 Å². The van der Waals surface area contributed by atoms with Gasteiger partial charge in [0.05, 0.1) is 12.5 Å². The van der Waals surface area contributed by atoms with Gasteiger partial charge in [-0.15, -0.1) is 0 Å². The van der Waals surface area contributed by atoms with E-state index < -0.39 is 5.60 Å². The Morgan fingerprint density at radius 1 is 1.39 bits per heavy atom. The molecule has 1 aromatic carbocycles. The molecule has 23 heavy (non-hydrogen) atoms. The third kappa shape index (κ3) is 1.42. The van der Waals surface area contributed by atoms with Crippen molar-refractivity contribution < 1.29 is 9.47 Å². The predicted octanol–water partition coefficient (Wildman–Crippen LogP) is 3.41. The van der Waals surface area contributed by atoms with E-state index in [-0.39, 0.29) is 5.41 Å². The Hall–Kier alpha value is -1.45. The van der Waals surface area contributed by atoms with Crippen molar-refractivity contribution in [1.82, 2.24) is 4.90 Å². The summed E-state index contributed by atoms with van der Waals surface area (Å²) in [6, 6.07) is 4.67. The average Bonchev–Trinajstić information content (AvgIpc) is 2.77. The standard InChI is InChI=1S/C19H20ClNO2/c1-18-10-12(20)9-13-14-8-11-4-5-15(22-3)17(23-18)16(11)19(13,18)6-7-21(14)2/h4-5,9-10,14H,6-8H2,1-3H3/t14-,18+,19+/m1/s1. The molecule has 1 spiro atoms. The van der Waals surface area contributed by atoms with E-state index in [2.05, 4.69) is 37.1 Å². The second-order valence-corrected chi connectivity index (χ2v) is 7.76. The number of piperidine rings is 1. The third-order valence-corrected chi connectivity index (χ3v) is 6.58. The Labute approximate surface area is 141 Å². The Balaban J connectivity index is 1.89. The molecule has 0 saturated carbocycles. The first-order chi connectivity index (χ1) is 11.0. The maximum Gasteiger partial charge on any atom is 0.167 e. The van der Waals surface area contributed by atoms with Crippen LogP contribution in [0.3, 0.4) is 0 Å². The highest BCUT2D eigenvalue weighted by Gasteiger charge is 2.65. The lowest BCUT2D eigenvalue weighted by Crippen LogP contribution is -2.62. The van der Waals surface area contributed by atoms with Gasteiger partial charge in [-0.25, -0.2) is 0 Å². The van der Waals surface area contributed by atoms with Crippen LogP contribution in [0, 0.1) is 0 Å². The Morgan fingerprint density at radius 2 is 2.22 bits per heavy atom. The molecule has 1 saturated heterocycles. The quantitative estimate of drug-likeness (QED) is 0.788. The number of nitrogens with zero attached hydrogens (tertiary/aromatic N) is 1. The van der Waals surface area contributed by atoms with Crippen molar-refractivity contribution in [1.29, 1.82) is 0 Å². The van der Waals surface area contributed by atoms with Crippen LogP contribution in [-0.4, -0.2) is 37.2 Å². The van der Waals surface area contributed by atoms with Gasteiger partial charge in [-0.2, -0.15) is 0 Å². The first-order valence-electron chi connectivity index (χ1n) is 8.20. The van der Waals surface area contributed by atoms with E-state index in [0.29, 0.717) is 6.04 Å². The number of halogens is 1. The fourth-order valence-electron chi connectivity index (χ4n) is 5.32. The zero-order valence-corrected chi connectivity index (χ0v) is 14.4. The second-order valence-electron chi connectivity index (χ2n) is 7.32. The fraction of sp³-hybridized carbons (Fsp3) is 0.474. The smallest absolute Gasteiger partial charge is 0.167 e. The molecule has 0 N–H and O–H groups in total. The van der Waals surface area contributed by atoms with Crippen LogP contribution < -0.4 is 9.47 Å². The average molecular weight is 330 g/mol. The van der Waals surface area contributed by atoms with Crippen molar-refractivity contribution >= 4 is 11.6 Å². The minimum Gasteiger partial charge on any atom is -0.493 e. The van der Waals surface area contributed by atoms with Crippen molar-refractivity contribution in [2.45, 2.75) is 36.8 Å². The highest BCUT2D eigenvalue weighted by Crippen LogP contribution is 2.65. The van der Waals surface area contributed by atoms with E-state index in [1.807, 2.05) is 6.07 Å². The highest BCUT2D eigenvalue weighted by molar-refractivity contribution is 6.31. The molecular weight excluding hydrogens is 310 g/mol. The fourth-order valence-corrected chi connectivity index (χ4v) is 5.65. The number of benzene rings is 1. The van der Waals surface area contributed by atoms with Gasteiger partial charge < -0.3 is 9.47 Å². The SMILES string of the molecule is COc1ccc2c3c1O[C@@]1(C)C=C(Cl)C=C4[C@@H](C2)N(C)CC[C@]431. The third-order valence-electron chi connectivity index (χ3n) is 6.36. The van der Waals surface area contributed by atoms with Crippen molar-refractivity contribution in [3.63, 3.8) is 0 Å². The maximum atomic E-state index is 6.55. The summed E-state index contributed by atoms with van der Waals surface area (Å²) in [5.74, 6) is 1.75. The molecule has 3 atom stereocenters. The summed E-state index contributed by atoms with van der Waals surface area (Å²) in [5.41, 5.74) is 3.63. The van der Waals surface area contributed by atoms with Crippen molar-refractivity contribution in [3.05, 3.63) is 46.0 Å². The van der Waals surface area contributed by atoms with Crippen LogP contribution in [0.4, 0.5) is 0 Å². The van der Waals surface area contributed by atoms with Gasteiger partial charge in [0.15, 0.2) is 11.5 Å². The molecule has 0 radical (unpaired) electrons. The molecule has 3 nitrogen and oxygen atoms in total. The van der Waals surface area contributed by atoms with Gasteiger partial charge in [0.25, 0.3) is 0 Å². The lowest BCUT2D eigenvalue weighted by atomic mass is 9.53. The Kier molecular flexibility index (Phi) is 2.51. The molecule has 2 aliphatic carbocycles. The van der Waals surface area contributed by atoms with Gasteiger partial charge in [-0.05, 0) is 62.7 Å². The summed E-state index contributed by atoms with van der Waals surface area (Å²) in [6.45, 7) is 3.25. The van der Waals surface area contributed by atoms with Gasteiger partial charge in [0, 0.05) is 16.6 Å². The van der Waals surface area contributed by atoms with Crippen LogP contribution in [0.1, 0.15) is 24.5 Å². The van der Waals surface area contributed by atoms with Crippen LogP contribution in [0.5, 0.6) is 11.5 Å². The number of rotatable bonds is 1. The topological polar surface area (TPSA) is 21.7 Å². The first kappa shape index (κ1) is 13.9. The van der Waals surface area contributed by atoms with Gasteiger partial charge in [0.2, 0.25) is 0 Å². The number of hydrogen-bond donors (Lipinski definition) is 0. The molecule has 4 heteroatoms. The summed E-state index contributed by atoms with van der Waals surface area (Å²) in [6.07, 6.45) is 6.34. The zero-order chi connectivity index (χ0) is 16.0. The van der Waals surface area contributed by atoms with E-state index >= 15 is 0 Å². The lowest BCUT2D eigenvalue weighted by Gasteiger charge is -2.55. The molecule has 0 aromatic heterocycles. The second kappa shape index (κ2) is 4.14. The van der Waals surface area contributed by atoms with Crippen LogP contribution in [0.25, 0.3) is 0 Å². The summed E-state index contributed by atoms with van der Waals surface area (Å²) in [4.78, 5) is 2.46. The highest BCUT2D eigenvalue weighted by atomic mass is 35.5. The molecule has 0 unspecified atom stereocenters.